The van der Waals surface area contributed by atoms with E-state index < -0.39 is 0 Å². The van der Waals surface area contributed by atoms with Crippen LogP contribution >= 0.6 is 11.6 Å². The number of nitrogens with zero attached hydrogens (tertiary/aromatic N) is 1. The molecule has 0 aliphatic carbocycles. The van der Waals surface area contributed by atoms with Crippen molar-refractivity contribution in [1.29, 1.82) is 0 Å². The van der Waals surface area contributed by atoms with Crippen LogP contribution in [0.15, 0.2) is 24.3 Å². The SMILES string of the molecule is O=C(Cc1ccc(Cl)cc1)N1CCC[C@@H](O)C1. The molecule has 1 fully saturated rings. The monoisotopic (exact) mass is 253 g/mol. The maximum atomic E-state index is 12.0. The summed E-state index contributed by atoms with van der Waals surface area (Å²) in [5, 5.41) is 10.2. The van der Waals surface area contributed by atoms with Gasteiger partial charge in [-0.25, -0.2) is 0 Å². The minimum Gasteiger partial charge on any atom is -0.391 e. The standard InChI is InChI=1S/C13H16ClNO2/c14-11-5-3-10(4-6-11)8-13(17)15-7-1-2-12(16)9-15/h3-6,12,16H,1-2,7-9H2/t12-/m1/s1. The van der Waals surface area contributed by atoms with Crippen LogP contribution in [0.1, 0.15) is 18.4 Å². The number of benzene rings is 1. The van der Waals surface area contributed by atoms with Crippen LogP contribution in [0.2, 0.25) is 5.02 Å². The number of aliphatic hydroxyl groups excluding tert-OH is 1. The van der Waals surface area contributed by atoms with Gasteiger partial charge in [0.15, 0.2) is 0 Å². The molecule has 1 heterocycles. The van der Waals surface area contributed by atoms with Gasteiger partial charge in [0.05, 0.1) is 12.5 Å². The number of rotatable bonds is 2. The summed E-state index contributed by atoms with van der Waals surface area (Å²) in [4.78, 5) is 13.7. The van der Waals surface area contributed by atoms with E-state index in [4.69, 9.17) is 11.6 Å². The number of hydrogen-bond donors (Lipinski definition) is 1. The van der Waals surface area contributed by atoms with Crippen LogP contribution in [0.25, 0.3) is 0 Å². The minimum absolute atomic E-state index is 0.0751. The van der Waals surface area contributed by atoms with Gasteiger partial charge >= 0.3 is 0 Å². The van der Waals surface area contributed by atoms with Crippen LogP contribution in [0, 0.1) is 0 Å². The first-order valence-electron chi connectivity index (χ1n) is 5.85. The molecule has 1 aliphatic heterocycles. The Morgan fingerprint density at radius 2 is 2.12 bits per heavy atom. The largest absolute Gasteiger partial charge is 0.391 e. The second-order valence-electron chi connectivity index (χ2n) is 4.44. The molecule has 1 atom stereocenters. The second-order valence-corrected chi connectivity index (χ2v) is 4.88. The molecule has 1 aliphatic rings. The van der Waals surface area contributed by atoms with Crippen molar-refractivity contribution in [2.24, 2.45) is 0 Å². The molecule has 1 aromatic rings. The molecule has 0 saturated carbocycles. The molecule has 0 radical (unpaired) electrons. The normalized spacial score (nSPS) is 20.4. The van der Waals surface area contributed by atoms with E-state index >= 15 is 0 Å². The molecule has 1 aromatic carbocycles. The van der Waals surface area contributed by atoms with Gasteiger partial charge in [-0.1, -0.05) is 23.7 Å². The average Bonchev–Trinajstić information content (AvgIpc) is 2.32. The Hall–Kier alpha value is -1.06. The van der Waals surface area contributed by atoms with Crippen molar-refractivity contribution < 1.29 is 9.90 Å². The Bertz CT molecular complexity index is 391. The number of piperidine rings is 1. The summed E-state index contributed by atoms with van der Waals surface area (Å²) in [6.07, 6.45) is 1.69. The van der Waals surface area contributed by atoms with Crippen molar-refractivity contribution in [2.75, 3.05) is 13.1 Å². The molecule has 3 nitrogen and oxygen atoms in total. The highest BCUT2D eigenvalue weighted by Crippen LogP contribution is 2.14. The minimum atomic E-state index is -0.363. The third-order valence-electron chi connectivity index (χ3n) is 3.02. The fourth-order valence-corrected chi connectivity index (χ4v) is 2.20. The lowest BCUT2D eigenvalue weighted by Gasteiger charge is -2.30. The predicted molar refractivity (Wildman–Crippen MR) is 67.0 cm³/mol. The molecule has 0 unspecified atom stereocenters. The number of hydrogen-bond acceptors (Lipinski definition) is 2. The van der Waals surface area contributed by atoms with E-state index in [2.05, 4.69) is 0 Å². The lowest BCUT2D eigenvalue weighted by molar-refractivity contribution is -0.133. The molecule has 92 valence electrons. The quantitative estimate of drug-likeness (QED) is 0.874. The zero-order valence-corrected chi connectivity index (χ0v) is 10.4. The highest BCUT2D eigenvalue weighted by Gasteiger charge is 2.21. The van der Waals surface area contributed by atoms with E-state index in [1.807, 2.05) is 12.1 Å². The van der Waals surface area contributed by atoms with Crippen molar-refractivity contribution in [2.45, 2.75) is 25.4 Å². The molecule has 1 saturated heterocycles. The molecular formula is C13H16ClNO2. The highest BCUT2D eigenvalue weighted by molar-refractivity contribution is 6.30. The number of likely N-dealkylation sites (tertiary alicyclic amines) is 1. The summed E-state index contributed by atoms with van der Waals surface area (Å²) in [6, 6.07) is 7.30. The fourth-order valence-electron chi connectivity index (χ4n) is 2.07. The third kappa shape index (κ3) is 3.45. The van der Waals surface area contributed by atoms with Gasteiger partial charge < -0.3 is 10.0 Å². The van der Waals surface area contributed by atoms with Crippen LogP contribution in [-0.2, 0) is 11.2 Å². The third-order valence-corrected chi connectivity index (χ3v) is 3.27. The topological polar surface area (TPSA) is 40.5 Å². The summed E-state index contributed by atoms with van der Waals surface area (Å²) in [5.74, 6) is 0.0751. The Labute approximate surface area is 106 Å². The number of halogens is 1. The molecular weight excluding hydrogens is 238 g/mol. The maximum absolute atomic E-state index is 12.0. The van der Waals surface area contributed by atoms with E-state index in [1.165, 1.54) is 0 Å². The van der Waals surface area contributed by atoms with E-state index in [9.17, 15) is 9.90 Å². The van der Waals surface area contributed by atoms with Crippen molar-refractivity contribution in [3.63, 3.8) is 0 Å². The predicted octanol–water partition coefficient (Wildman–Crippen LogP) is 1.87. The van der Waals surface area contributed by atoms with E-state index in [0.717, 1.165) is 24.9 Å². The maximum Gasteiger partial charge on any atom is 0.227 e. The van der Waals surface area contributed by atoms with Gasteiger partial charge in [0.2, 0.25) is 5.91 Å². The summed E-state index contributed by atoms with van der Waals surface area (Å²) in [7, 11) is 0. The zero-order valence-electron chi connectivity index (χ0n) is 9.60. The van der Waals surface area contributed by atoms with Gasteiger partial charge in [-0.05, 0) is 30.5 Å². The fraction of sp³-hybridized carbons (Fsp3) is 0.462. The van der Waals surface area contributed by atoms with Gasteiger partial charge in [-0.15, -0.1) is 0 Å². The lowest BCUT2D eigenvalue weighted by atomic mass is 10.1. The van der Waals surface area contributed by atoms with E-state index in [1.54, 1.807) is 17.0 Å². The van der Waals surface area contributed by atoms with Crippen LogP contribution in [0.5, 0.6) is 0 Å². The molecule has 1 amide bonds. The van der Waals surface area contributed by atoms with Crippen LogP contribution < -0.4 is 0 Å². The highest BCUT2D eigenvalue weighted by atomic mass is 35.5. The van der Waals surface area contributed by atoms with E-state index in [-0.39, 0.29) is 12.0 Å². The number of carbonyl (C=O) groups excluding carboxylic acids is 1. The number of β-amino-alcohol motifs (C(OH)–C–C–N with tert-alkyl or cyclic N) is 1. The first-order chi connectivity index (χ1) is 8.15. The first kappa shape index (κ1) is 12.4. The molecule has 0 aromatic heterocycles. The second kappa shape index (κ2) is 5.52. The lowest BCUT2D eigenvalue weighted by Crippen LogP contribution is -2.42. The van der Waals surface area contributed by atoms with Gasteiger partial charge in [0.25, 0.3) is 0 Å². The van der Waals surface area contributed by atoms with Crippen molar-refractivity contribution in [1.82, 2.24) is 4.90 Å². The van der Waals surface area contributed by atoms with Crippen molar-refractivity contribution in [3.8, 4) is 0 Å². The Morgan fingerprint density at radius 1 is 1.41 bits per heavy atom. The summed E-state index contributed by atoms with van der Waals surface area (Å²) >= 11 is 5.79. The molecule has 2 rings (SSSR count). The summed E-state index contributed by atoms with van der Waals surface area (Å²) < 4.78 is 0. The molecule has 0 spiro atoms. The first-order valence-corrected chi connectivity index (χ1v) is 6.23. The van der Waals surface area contributed by atoms with E-state index in [0.29, 0.717) is 18.0 Å². The molecule has 17 heavy (non-hydrogen) atoms. The van der Waals surface area contributed by atoms with Crippen molar-refractivity contribution >= 4 is 17.5 Å². The van der Waals surface area contributed by atoms with Crippen LogP contribution in [0.3, 0.4) is 0 Å². The van der Waals surface area contributed by atoms with Crippen LogP contribution in [-0.4, -0.2) is 35.1 Å². The van der Waals surface area contributed by atoms with Gasteiger partial charge in [0.1, 0.15) is 0 Å². The van der Waals surface area contributed by atoms with Crippen LogP contribution in [0.4, 0.5) is 0 Å². The molecule has 0 bridgehead atoms. The van der Waals surface area contributed by atoms with Gasteiger partial charge in [0, 0.05) is 18.1 Å². The molecule has 1 N–H and O–H groups in total. The number of amides is 1. The van der Waals surface area contributed by atoms with Gasteiger partial charge in [-0.2, -0.15) is 0 Å². The number of carbonyl (C=O) groups is 1. The Balaban J connectivity index is 1.94. The Kier molecular flexibility index (Phi) is 4.02. The zero-order chi connectivity index (χ0) is 12.3. The Morgan fingerprint density at radius 3 is 2.76 bits per heavy atom. The summed E-state index contributed by atoms with van der Waals surface area (Å²) in [6.45, 7) is 1.22. The average molecular weight is 254 g/mol. The summed E-state index contributed by atoms with van der Waals surface area (Å²) in [5.41, 5.74) is 0.958. The molecule has 4 heteroatoms. The smallest absolute Gasteiger partial charge is 0.227 e. The number of aliphatic hydroxyl groups is 1. The van der Waals surface area contributed by atoms with Gasteiger partial charge in [-0.3, -0.25) is 4.79 Å². The van der Waals surface area contributed by atoms with Crippen molar-refractivity contribution in [3.05, 3.63) is 34.9 Å².